The minimum atomic E-state index is 0.782. The minimum Gasteiger partial charge on any atom is -0.388 e. The SMILES string of the molecule is CNc1ccc2cc(Cl)ccc2c1. The summed E-state index contributed by atoms with van der Waals surface area (Å²) < 4.78 is 0. The maximum atomic E-state index is 5.88. The number of halogens is 1. The van der Waals surface area contributed by atoms with Gasteiger partial charge in [-0.1, -0.05) is 23.7 Å². The molecule has 0 radical (unpaired) electrons. The third-order valence-electron chi connectivity index (χ3n) is 2.09. The van der Waals surface area contributed by atoms with Crippen molar-refractivity contribution in [2.75, 3.05) is 12.4 Å². The zero-order valence-electron chi connectivity index (χ0n) is 7.34. The molecule has 2 aromatic carbocycles. The zero-order chi connectivity index (χ0) is 9.26. The summed E-state index contributed by atoms with van der Waals surface area (Å²) in [4.78, 5) is 0. The van der Waals surface area contributed by atoms with Crippen LogP contribution < -0.4 is 5.32 Å². The first-order chi connectivity index (χ1) is 6.29. The lowest BCUT2D eigenvalue weighted by Gasteiger charge is -2.02. The number of fused-ring (bicyclic) bond motifs is 1. The molecule has 0 saturated carbocycles. The molecule has 0 unspecified atom stereocenters. The van der Waals surface area contributed by atoms with E-state index in [0.29, 0.717) is 0 Å². The van der Waals surface area contributed by atoms with Gasteiger partial charge in [0.1, 0.15) is 0 Å². The Bertz CT molecular complexity index is 437. The summed E-state index contributed by atoms with van der Waals surface area (Å²) in [6.07, 6.45) is 0. The van der Waals surface area contributed by atoms with E-state index in [9.17, 15) is 0 Å². The van der Waals surface area contributed by atoms with Gasteiger partial charge in [-0.3, -0.25) is 0 Å². The Hall–Kier alpha value is -1.21. The van der Waals surface area contributed by atoms with Gasteiger partial charge in [0.25, 0.3) is 0 Å². The van der Waals surface area contributed by atoms with Crippen LogP contribution >= 0.6 is 11.6 Å². The van der Waals surface area contributed by atoms with Crippen LogP contribution in [0.2, 0.25) is 5.02 Å². The molecule has 0 spiro atoms. The topological polar surface area (TPSA) is 12.0 Å². The molecular formula is C11H10ClN. The molecule has 0 atom stereocenters. The fraction of sp³-hybridized carbons (Fsp3) is 0.0909. The Kier molecular flexibility index (Phi) is 2.11. The summed E-state index contributed by atoms with van der Waals surface area (Å²) in [7, 11) is 1.91. The lowest BCUT2D eigenvalue weighted by Crippen LogP contribution is -1.86. The van der Waals surface area contributed by atoms with Gasteiger partial charge in [0.15, 0.2) is 0 Å². The van der Waals surface area contributed by atoms with Gasteiger partial charge in [-0.15, -0.1) is 0 Å². The average Bonchev–Trinajstić information content (AvgIpc) is 2.17. The maximum Gasteiger partial charge on any atom is 0.0412 e. The standard InChI is InChI=1S/C11H10ClN/c1-13-11-5-3-8-6-10(12)4-2-9(8)7-11/h2-7,13H,1H3. The minimum absolute atomic E-state index is 0.782. The van der Waals surface area contributed by atoms with Crippen LogP contribution in [0.5, 0.6) is 0 Å². The summed E-state index contributed by atoms with van der Waals surface area (Å²) >= 11 is 5.88. The highest BCUT2D eigenvalue weighted by molar-refractivity contribution is 6.31. The highest BCUT2D eigenvalue weighted by Gasteiger charge is 1.95. The van der Waals surface area contributed by atoms with E-state index in [0.717, 1.165) is 10.7 Å². The number of rotatable bonds is 1. The van der Waals surface area contributed by atoms with Crippen molar-refractivity contribution >= 4 is 28.1 Å². The number of anilines is 1. The van der Waals surface area contributed by atoms with Crippen molar-refractivity contribution < 1.29 is 0 Å². The second-order valence-electron chi connectivity index (χ2n) is 2.96. The van der Waals surface area contributed by atoms with Crippen molar-refractivity contribution in [3.63, 3.8) is 0 Å². The van der Waals surface area contributed by atoms with Crippen molar-refractivity contribution in [1.82, 2.24) is 0 Å². The molecule has 2 rings (SSSR count). The molecule has 1 N–H and O–H groups in total. The molecule has 66 valence electrons. The normalized spacial score (nSPS) is 10.3. The third-order valence-corrected chi connectivity index (χ3v) is 2.33. The van der Waals surface area contributed by atoms with Gasteiger partial charge >= 0.3 is 0 Å². The summed E-state index contributed by atoms with van der Waals surface area (Å²) in [5.74, 6) is 0. The van der Waals surface area contributed by atoms with Gasteiger partial charge in [-0.25, -0.2) is 0 Å². The molecule has 2 aromatic rings. The van der Waals surface area contributed by atoms with E-state index in [1.54, 1.807) is 0 Å². The molecule has 0 aliphatic heterocycles. The molecule has 0 aliphatic carbocycles. The monoisotopic (exact) mass is 191 g/mol. The van der Waals surface area contributed by atoms with E-state index in [4.69, 9.17) is 11.6 Å². The van der Waals surface area contributed by atoms with Crippen LogP contribution in [0.25, 0.3) is 10.8 Å². The van der Waals surface area contributed by atoms with E-state index in [2.05, 4.69) is 17.4 Å². The predicted octanol–water partition coefficient (Wildman–Crippen LogP) is 3.53. The summed E-state index contributed by atoms with van der Waals surface area (Å²) in [6, 6.07) is 12.1. The van der Waals surface area contributed by atoms with E-state index in [-0.39, 0.29) is 0 Å². The first-order valence-corrected chi connectivity index (χ1v) is 4.54. The van der Waals surface area contributed by atoms with E-state index in [1.807, 2.05) is 31.3 Å². The lowest BCUT2D eigenvalue weighted by atomic mass is 10.1. The van der Waals surface area contributed by atoms with Crippen molar-refractivity contribution in [3.8, 4) is 0 Å². The molecule has 2 heteroatoms. The van der Waals surface area contributed by atoms with E-state index >= 15 is 0 Å². The Morgan fingerprint density at radius 1 is 1.00 bits per heavy atom. The van der Waals surface area contributed by atoms with E-state index < -0.39 is 0 Å². The fourth-order valence-electron chi connectivity index (χ4n) is 1.37. The van der Waals surface area contributed by atoms with Gasteiger partial charge in [0.05, 0.1) is 0 Å². The predicted molar refractivity (Wildman–Crippen MR) is 58.5 cm³/mol. The van der Waals surface area contributed by atoms with Crippen molar-refractivity contribution in [1.29, 1.82) is 0 Å². The highest BCUT2D eigenvalue weighted by Crippen LogP contribution is 2.22. The largest absolute Gasteiger partial charge is 0.388 e. The second kappa shape index (κ2) is 3.27. The van der Waals surface area contributed by atoms with Gasteiger partial charge < -0.3 is 5.32 Å². The number of hydrogen-bond donors (Lipinski definition) is 1. The smallest absolute Gasteiger partial charge is 0.0412 e. The Morgan fingerprint density at radius 3 is 2.46 bits per heavy atom. The van der Waals surface area contributed by atoms with Crippen LogP contribution in [0.4, 0.5) is 5.69 Å². The van der Waals surface area contributed by atoms with E-state index in [1.165, 1.54) is 10.8 Å². The van der Waals surface area contributed by atoms with Gasteiger partial charge in [0.2, 0.25) is 0 Å². The lowest BCUT2D eigenvalue weighted by molar-refractivity contribution is 1.53. The quantitative estimate of drug-likeness (QED) is 0.727. The summed E-state index contributed by atoms with van der Waals surface area (Å²) in [6.45, 7) is 0. The Morgan fingerprint density at radius 2 is 1.69 bits per heavy atom. The molecule has 0 aromatic heterocycles. The second-order valence-corrected chi connectivity index (χ2v) is 3.39. The van der Waals surface area contributed by atoms with Crippen LogP contribution in [0.15, 0.2) is 36.4 Å². The highest BCUT2D eigenvalue weighted by atomic mass is 35.5. The molecular weight excluding hydrogens is 182 g/mol. The third kappa shape index (κ3) is 1.61. The Balaban J connectivity index is 2.66. The molecule has 0 saturated heterocycles. The van der Waals surface area contributed by atoms with Crippen LogP contribution in [0, 0.1) is 0 Å². The summed E-state index contributed by atoms with van der Waals surface area (Å²) in [5, 5.41) is 6.26. The fourth-order valence-corrected chi connectivity index (χ4v) is 1.55. The molecule has 1 nitrogen and oxygen atoms in total. The van der Waals surface area contributed by atoms with Crippen molar-refractivity contribution in [2.45, 2.75) is 0 Å². The van der Waals surface area contributed by atoms with Gasteiger partial charge in [-0.2, -0.15) is 0 Å². The van der Waals surface area contributed by atoms with Crippen molar-refractivity contribution in [2.24, 2.45) is 0 Å². The molecule has 0 fully saturated rings. The van der Waals surface area contributed by atoms with Gasteiger partial charge in [0, 0.05) is 17.8 Å². The first kappa shape index (κ1) is 8.39. The summed E-state index contributed by atoms with van der Waals surface area (Å²) in [5.41, 5.74) is 1.12. The molecule has 0 aliphatic rings. The van der Waals surface area contributed by atoms with Crippen LogP contribution in [0.3, 0.4) is 0 Å². The molecule has 13 heavy (non-hydrogen) atoms. The maximum absolute atomic E-state index is 5.88. The number of benzene rings is 2. The van der Waals surface area contributed by atoms with Gasteiger partial charge in [-0.05, 0) is 35.0 Å². The number of nitrogens with one attached hydrogen (secondary N) is 1. The van der Waals surface area contributed by atoms with Crippen LogP contribution in [-0.2, 0) is 0 Å². The average molecular weight is 192 g/mol. The molecule has 0 amide bonds. The number of hydrogen-bond acceptors (Lipinski definition) is 1. The Labute approximate surface area is 82.3 Å². The van der Waals surface area contributed by atoms with Crippen LogP contribution in [0.1, 0.15) is 0 Å². The molecule has 0 heterocycles. The zero-order valence-corrected chi connectivity index (χ0v) is 8.10. The van der Waals surface area contributed by atoms with Crippen LogP contribution in [-0.4, -0.2) is 7.05 Å². The first-order valence-electron chi connectivity index (χ1n) is 4.17. The molecule has 0 bridgehead atoms. The van der Waals surface area contributed by atoms with Crippen molar-refractivity contribution in [3.05, 3.63) is 41.4 Å².